The highest BCUT2D eigenvalue weighted by Crippen LogP contribution is 2.01. The second kappa shape index (κ2) is 7.37. The normalized spacial score (nSPS) is 11.1. The summed E-state index contributed by atoms with van der Waals surface area (Å²) < 4.78 is 0. The number of carbonyl (C=O) groups excluding carboxylic acids is 1. The number of nitrogens with one attached hydrogen (secondary N) is 1. The number of carbonyl (C=O) groups is 2. The van der Waals surface area contributed by atoms with Crippen LogP contribution in [-0.2, 0) is 16.0 Å². The zero-order valence-electron chi connectivity index (χ0n) is 9.22. The minimum absolute atomic E-state index is 0. The number of carboxylic acids is 1. The molecular formula is C11H16N2O4. The van der Waals surface area contributed by atoms with Crippen molar-refractivity contribution < 1.29 is 20.2 Å². The topological polar surface area (TPSA) is 124 Å². The summed E-state index contributed by atoms with van der Waals surface area (Å²) in [5.74, 6) is -1.54. The van der Waals surface area contributed by atoms with Gasteiger partial charge in [-0.05, 0) is 12.0 Å². The lowest BCUT2D eigenvalue weighted by molar-refractivity contribution is -0.138. The van der Waals surface area contributed by atoms with Crippen molar-refractivity contribution in [3.63, 3.8) is 0 Å². The molecule has 0 radical (unpaired) electrons. The van der Waals surface area contributed by atoms with E-state index in [0.29, 0.717) is 6.42 Å². The van der Waals surface area contributed by atoms with E-state index < -0.39 is 24.5 Å². The Morgan fingerprint density at radius 2 is 1.88 bits per heavy atom. The average molecular weight is 240 g/mol. The highest BCUT2D eigenvalue weighted by atomic mass is 16.4. The fourth-order valence-electron chi connectivity index (χ4n) is 1.25. The van der Waals surface area contributed by atoms with Crippen molar-refractivity contribution in [3.05, 3.63) is 35.9 Å². The van der Waals surface area contributed by atoms with Crippen LogP contribution in [0.15, 0.2) is 30.3 Å². The van der Waals surface area contributed by atoms with E-state index >= 15 is 0 Å². The van der Waals surface area contributed by atoms with Crippen LogP contribution in [0.25, 0.3) is 0 Å². The van der Waals surface area contributed by atoms with Crippen LogP contribution in [0.3, 0.4) is 0 Å². The molecular weight excluding hydrogens is 224 g/mol. The van der Waals surface area contributed by atoms with Crippen molar-refractivity contribution in [3.8, 4) is 0 Å². The summed E-state index contributed by atoms with van der Waals surface area (Å²) in [4.78, 5) is 21.6. The molecule has 1 atom stereocenters. The van der Waals surface area contributed by atoms with Gasteiger partial charge in [0.2, 0.25) is 5.91 Å². The first kappa shape index (κ1) is 15.1. The van der Waals surface area contributed by atoms with Gasteiger partial charge in [-0.2, -0.15) is 0 Å². The second-order valence-corrected chi connectivity index (χ2v) is 3.41. The molecule has 6 N–H and O–H groups in total. The number of aliphatic carboxylic acids is 1. The highest BCUT2D eigenvalue weighted by Gasteiger charge is 2.14. The monoisotopic (exact) mass is 240 g/mol. The third-order valence-corrected chi connectivity index (χ3v) is 2.05. The number of carboxylic acid groups (broad SMARTS) is 1. The molecule has 1 rings (SSSR count). The van der Waals surface area contributed by atoms with Crippen molar-refractivity contribution in [1.82, 2.24) is 5.32 Å². The molecule has 0 aromatic heterocycles. The molecule has 17 heavy (non-hydrogen) atoms. The van der Waals surface area contributed by atoms with Gasteiger partial charge in [-0.1, -0.05) is 30.3 Å². The molecule has 0 aliphatic carbocycles. The summed E-state index contributed by atoms with van der Waals surface area (Å²) in [6, 6.07) is 8.60. The molecule has 0 aliphatic rings. The Hall–Kier alpha value is -1.92. The van der Waals surface area contributed by atoms with E-state index in [1.54, 1.807) is 0 Å². The Balaban J connectivity index is 0.00000256. The van der Waals surface area contributed by atoms with Crippen molar-refractivity contribution in [2.45, 2.75) is 12.5 Å². The largest absolute Gasteiger partial charge is 0.480 e. The standard InChI is InChI=1S/C11H14N2O3.H2O/c12-9(11(16)13-7-10(14)15)6-8-4-2-1-3-5-8;/h1-5,9H,6-7,12H2,(H,13,16)(H,14,15);1H2. The molecule has 94 valence electrons. The summed E-state index contributed by atoms with van der Waals surface area (Å²) in [5.41, 5.74) is 6.58. The van der Waals surface area contributed by atoms with Crippen LogP contribution in [0.1, 0.15) is 5.56 Å². The van der Waals surface area contributed by atoms with Crippen molar-refractivity contribution in [1.29, 1.82) is 0 Å². The van der Waals surface area contributed by atoms with Crippen LogP contribution in [0.4, 0.5) is 0 Å². The number of rotatable bonds is 5. The molecule has 1 unspecified atom stereocenters. The molecule has 0 aliphatic heterocycles. The lowest BCUT2D eigenvalue weighted by atomic mass is 10.1. The molecule has 0 bridgehead atoms. The second-order valence-electron chi connectivity index (χ2n) is 3.41. The Labute approximate surface area is 98.7 Å². The van der Waals surface area contributed by atoms with Gasteiger partial charge in [0.15, 0.2) is 0 Å². The van der Waals surface area contributed by atoms with Crippen molar-refractivity contribution in [2.24, 2.45) is 5.73 Å². The fraction of sp³-hybridized carbons (Fsp3) is 0.273. The van der Waals surface area contributed by atoms with Crippen LogP contribution >= 0.6 is 0 Å². The maximum absolute atomic E-state index is 11.4. The van der Waals surface area contributed by atoms with Gasteiger partial charge in [-0.25, -0.2) is 0 Å². The van der Waals surface area contributed by atoms with E-state index in [-0.39, 0.29) is 5.48 Å². The van der Waals surface area contributed by atoms with E-state index in [1.807, 2.05) is 30.3 Å². The number of hydrogen-bond acceptors (Lipinski definition) is 3. The molecule has 1 aromatic rings. The number of nitrogens with two attached hydrogens (primary N) is 1. The van der Waals surface area contributed by atoms with Crippen LogP contribution in [0.5, 0.6) is 0 Å². The van der Waals surface area contributed by atoms with Gasteiger partial charge in [-0.3, -0.25) is 9.59 Å². The Bertz CT molecular complexity index is 367. The molecule has 0 saturated heterocycles. The molecule has 0 spiro atoms. The fourth-order valence-corrected chi connectivity index (χ4v) is 1.25. The van der Waals surface area contributed by atoms with Gasteiger partial charge in [0, 0.05) is 0 Å². The van der Waals surface area contributed by atoms with Gasteiger partial charge in [-0.15, -0.1) is 0 Å². The molecule has 6 nitrogen and oxygen atoms in total. The van der Waals surface area contributed by atoms with Gasteiger partial charge in [0.05, 0.1) is 6.04 Å². The maximum Gasteiger partial charge on any atom is 0.322 e. The first-order valence-corrected chi connectivity index (χ1v) is 4.88. The number of benzene rings is 1. The number of amides is 1. The maximum atomic E-state index is 11.4. The SMILES string of the molecule is NC(Cc1ccccc1)C(=O)NCC(=O)O.O. The van der Waals surface area contributed by atoms with Crippen LogP contribution in [0, 0.1) is 0 Å². The third kappa shape index (κ3) is 5.64. The zero-order valence-corrected chi connectivity index (χ0v) is 9.22. The van der Waals surface area contributed by atoms with E-state index in [2.05, 4.69) is 5.32 Å². The Morgan fingerprint density at radius 1 is 1.29 bits per heavy atom. The van der Waals surface area contributed by atoms with E-state index in [9.17, 15) is 9.59 Å². The Kier molecular flexibility index (Phi) is 6.54. The molecule has 6 heteroatoms. The van der Waals surface area contributed by atoms with Gasteiger partial charge >= 0.3 is 5.97 Å². The lowest BCUT2D eigenvalue weighted by Gasteiger charge is -2.10. The molecule has 0 fully saturated rings. The molecule has 1 amide bonds. The third-order valence-electron chi connectivity index (χ3n) is 2.05. The summed E-state index contributed by atoms with van der Waals surface area (Å²) in [5, 5.41) is 10.6. The van der Waals surface area contributed by atoms with Gasteiger partial charge in [0.1, 0.15) is 6.54 Å². The average Bonchev–Trinajstić information content (AvgIpc) is 2.27. The van der Waals surface area contributed by atoms with Gasteiger partial charge < -0.3 is 21.6 Å². The predicted molar refractivity (Wildman–Crippen MR) is 62.4 cm³/mol. The van der Waals surface area contributed by atoms with E-state index in [0.717, 1.165) is 5.56 Å². The minimum Gasteiger partial charge on any atom is -0.480 e. The van der Waals surface area contributed by atoms with Crippen LogP contribution in [0.2, 0.25) is 0 Å². The predicted octanol–water partition coefficient (Wildman–Crippen LogP) is -1.07. The van der Waals surface area contributed by atoms with Crippen LogP contribution < -0.4 is 11.1 Å². The summed E-state index contributed by atoms with van der Waals surface area (Å²) in [7, 11) is 0. The first-order chi connectivity index (χ1) is 7.59. The summed E-state index contributed by atoms with van der Waals surface area (Å²) in [6.07, 6.45) is 0.395. The van der Waals surface area contributed by atoms with Crippen molar-refractivity contribution in [2.75, 3.05) is 6.54 Å². The van der Waals surface area contributed by atoms with Crippen molar-refractivity contribution >= 4 is 11.9 Å². The molecule has 1 aromatic carbocycles. The highest BCUT2D eigenvalue weighted by molar-refractivity contribution is 5.85. The first-order valence-electron chi connectivity index (χ1n) is 4.88. The molecule has 0 saturated carbocycles. The summed E-state index contributed by atoms with van der Waals surface area (Å²) >= 11 is 0. The lowest BCUT2D eigenvalue weighted by Crippen LogP contribution is -2.43. The smallest absolute Gasteiger partial charge is 0.322 e. The number of hydrogen-bond donors (Lipinski definition) is 3. The Morgan fingerprint density at radius 3 is 2.41 bits per heavy atom. The molecule has 0 heterocycles. The quantitative estimate of drug-likeness (QED) is 0.606. The van der Waals surface area contributed by atoms with E-state index in [1.165, 1.54) is 0 Å². The summed E-state index contributed by atoms with van der Waals surface area (Å²) in [6.45, 7) is -0.401. The minimum atomic E-state index is -1.08. The van der Waals surface area contributed by atoms with Gasteiger partial charge in [0.25, 0.3) is 0 Å². The zero-order chi connectivity index (χ0) is 12.0. The van der Waals surface area contributed by atoms with Crippen LogP contribution in [-0.4, -0.2) is 35.0 Å². The van der Waals surface area contributed by atoms with E-state index in [4.69, 9.17) is 10.8 Å².